The smallest absolute Gasteiger partial charge is 0.0532 e. The molecule has 0 radical (unpaired) electrons. The monoisotopic (exact) mass is 442 g/mol. The van der Waals surface area contributed by atoms with E-state index in [2.05, 4.69) is 111 Å². The zero-order valence-electron chi connectivity index (χ0n) is 19.8. The molecule has 0 amide bonds. The molecule has 0 aliphatic heterocycles. The van der Waals surface area contributed by atoms with E-state index >= 15 is 0 Å². The summed E-state index contributed by atoms with van der Waals surface area (Å²) in [5, 5.41) is 2.49. The highest BCUT2D eigenvalue weighted by atomic mass is 14.6. The van der Waals surface area contributed by atoms with Crippen LogP contribution in [0.25, 0.3) is 10.8 Å². The lowest BCUT2D eigenvalue weighted by Gasteiger charge is -2.38. The van der Waals surface area contributed by atoms with E-state index < -0.39 is 5.41 Å². The highest BCUT2D eigenvalue weighted by molar-refractivity contribution is 5.86. The fourth-order valence-electron chi connectivity index (χ4n) is 5.28. The highest BCUT2D eigenvalue weighted by Crippen LogP contribution is 2.47. The summed E-state index contributed by atoms with van der Waals surface area (Å²) in [5.74, 6) is 0. The van der Waals surface area contributed by atoms with Crippen LogP contribution in [0.5, 0.6) is 0 Å². The number of nitrogens with two attached hydrogens (primary N) is 2. The lowest BCUT2D eigenvalue weighted by Crippen LogP contribution is -2.34. The van der Waals surface area contributed by atoms with E-state index in [0.29, 0.717) is 0 Å². The Morgan fingerprint density at radius 3 is 1.79 bits per heavy atom. The average Bonchev–Trinajstić information content (AvgIpc) is 2.86. The summed E-state index contributed by atoms with van der Waals surface area (Å²) < 4.78 is 0. The van der Waals surface area contributed by atoms with Crippen molar-refractivity contribution in [1.29, 1.82) is 0 Å². The Morgan fingerprint density at radius 2 is 1.15 bits per heavy atom. The lowest BCUT2D eigenvalue weighted by molar-refractivity contribution is 0.618. The predicted molar refractivity (Wildman–Crippen MR) is 145 cm³/mol. The maximum absolute atomic E-state index is 6.76. The molecule has 168 valence electrons. The van der Waals surface area contributed by atoms with Crippen LogP contribution in [0.2, 0.25) is 0 Å². The lowest BCUT2D eigenvalue weighted by atomic mass is 9.64. The van der Waals surface area contributed by atoms with Crippen LogP contribution < -0.4 is 11.5 Å². The molecule has 0 bridgehead atoms. The molecule has 0 fully saturated rings. The SMILES string of the molecule is Cc1ccc(N)c(C(Cc2cccc3ccccc23)(c2ccccc2)c2cc(C)ccc2N)c1. The maximum Gasteiger partial charge on any atom is 0.0532 e. The number of aryl methyl sites for hydroxylation is 2. The number of anilines is 2. The minimum absolute atomic E-state index is 0.558. The van der Waals surface area contributed by atoms with Gasteiger partial charge in [0, 0.05) is 11.4 Å². The van der Waals surface area contributed by atoms with Crippen molar-refractivity contribution in [3.8, 4) is 0 Å². The van der Waals surface area contributed by atoms with Gasteiger partial charge in [-0.3, -0.25) is 0 Å². The largest absolute Gasteiger partial charge is 0.398 e. The standard InChI is InChI=1S/C32H30N2/c1-22-15-17-30(33)28(19-22)32(26-12-4-3-5-13-26,29-20-23(2)16-18-31(29)34)21-25-11-8-10-24-9-6-7-14-27(24)25/h3-20H,21,33-34H2,1-2H3. The van der Waals surface area contributed by atoms with Gasteiger partial charge in [-0.25, -0.2) is 0 Å². The molecule has 0 aliphatic carbocycles. The molecule has 0 saturated heterocycles. The zero-order chi connectivity index (χ0) is 23.7. The molecule has 34 heavy (non-hydrogen) atoms. The summed E-state index contributed by atoms with van der Waals surface area (Å²) in [6.45, 7) is 4.24. The van der Waals surface area contributed by atoms with Crippen molar-refractivity contribution in [3.05, 3.63) is 143 Å². The number of benzene rings is 5. The van der Waals surface area contributed by atoms with E-state index in [9.17, 15) is 0 Å². The third-order valence-electron chi connectivity index (χ3n) is 6.94. The number of fused-ring (bicyclic) bond motifs is 1. The molecule has 5 rings (SSSR count). The molecule has 0 aliphatic rings. The van der Waals surface area contributed by atoms with Crippen LogP contribution >= 0.6 is 0 Å². The van der Waals surface area contributed by atoms with Crippen molar-refractivity contribution >= 4 is 22.1 Å². The molecule has 0 spiro atoms. The molecular weight excluding hydrogens is 412 g/mol. The molecule has 5 aromatic rings. The third-order valence-corrected chi connectivity index (χ3v) is 6.94. The van der Waals surface area contributed by atoms with Crippen molar-refractivity contribution in [2.75, 3.05) is 11.5 Å². The fraction of sp³-hybridized carbons (Fsp3) is 0.125. The van der Waals surface area contributed by atoms with Gasteiger partial charge in [0.25, 0.3) is 0 Å². The van der Waals surface area contributed by atoms with Gasteiger partial charge < -0.3 is 11.5 Å². The van der Waals surface area contributed by atoms with Gasteiger partial charge in [-0.15, -0.1) is 0 Å². The van der Waals surface area contributed by atoms with Crippen molar-refractivity contribution in [1.82, 2.24) is 0 Å². The number of rotatable bonds is 5. The molecule has 2 nitrogen and oxygen atoms in total. The van der Waals surface area contributed by atoms with Crippen LogP contribution in [0, 0.1) is 13.8 Å². The van der Waals surface area contributed by atoms with Crippen LogP contribution in [0.15, 0.2) is 109 Å². The van der Waals surface area contributed by atoms with Crippen molar-refractivity contribution in [2.24, 2.45) is 0 Å². The average molecular weight is 443 g/mol. The molecule has 0 heterocycles. The van der Waals surface area contributed by atoms with Crippen molar-refractivity contribution in [3.63, 3.8) is 0 Å². The normalized spacial score (nSPS) is 11.6. The van der Waals surface area contributed by atoms with Crippen LogP contribution in [0.3, 0.4) is 0 Å². The number of hydrogen-bond donors (Lipinski definition) is 2. The first-order valence-corrected chi connectivity index (χ1v) is 11.7. The van der Waals surface area contributed by atoms with Crippen molar-refractivity contribution in [2.45, 2.75) is 25.7 Å². The zero-order valence-corrected chi connectivity index (χ0v) is 19.8. The van der Waals surface area contributed by atoms with Gasteiger partial charge in [0.1, 0.15) is 0 Å². The summed E-state index contributed by atoms with van der Waals surface area (Å²) in [7, 11) is 0. The number of hydrogen-bond acceptors (Lipinski definition) is 2. The molecule has 5 aromatic carbocycles. The Bertz CT molecular complexity index is 1410. The Hall–Kier alpha value is -4.04. The topological polar surface area (TPSA) is 52.0 Å². The van der Waals surface area contributed by atoms with Gasteiger partial charge in [-0.1, -0.05) is 108 Å². The van der Waals surface area contributed by atoms with Gasteiger partial charge in [0.15, 0.2) is 0 Å². The summed E-state index contributed by atoms with van der Waals surface area (Å²) in [6, 6.07) is 38.5. The second kappa shape index (κ2) is 8.72. The van der Waals surface area contributed by atoms with Gasteiger partial charge in [0.05, 0.1) is 5.41 Å². The first-order valence-electron chi connectivity index (χ1n) is 11.7. The summed E-state index contributed by atoms with van der Waals surface area (Å²) in [6.07, 6.45) is 0.736. The summed E-state index contributed by atoms with van der Waals surface area (Å²) >= 11 is 0. The van der Waals surface area contributed by atoms with E-state index in [1.807, 2.05) is 12.1 Å². The molecule has 0 saturated carbocycles. The van der Waals surface area contributed by atoms with Gasteiger partial charge >= 0.3 is 0 Å². The van der Waals surface area contributed by atoms with Gasteiger partial charge in [0.2, 0.25) is 0 Å². The van der Waals surface area contributed by atoms with Gasteiger partial charge in [-0.2, -0.15) is 0 Å². The number of nitrogen functional groups attached to an aromatic ring is 2. The Morgan fingerprint density at radius 1 is 0.588 bits per heavy atom. The first kappa shape index (κ1) is 21.8. The molecule has 0 aromatic heterocycles. The first-order chi connectivity index (χ1) is 16.5. The van der Waals surface area contributed by atoms with Crippen LogP contribution in [0.1, 0.15) is 33.4 Å². The van der Waals surface area contributed by atoms with Gasteiger partial charge in [-0.05, 0) is 65.4 Å². The van der Waals surface area contributed by atoms with E-state index in [-0.39, 0.29) is 0 Å². The fourth-order valence-corrected chi connectivity index (χ4v) is 5.28. The second-order valence-electron chi connectivity index (χ2n) is 9.27. The minimum Gasteiger partial charge on any atom is -0.398 e. The Kier molecular flexibility index (Phi) is 5.59. The molecule has 0 unspecified atom stereocenters. The second-order valence-corrected chi connectivity index (χ2v) is 9.27. The molecule has 4 N–H and O–H groups in total. The van der Waals surface area contributed by atoms with Crippen molar-refractivity contribution < 1.29 is 0 Å². The summed E-state index contributed by atoms with van der Waals surface area (Å²) in [5.41, 5.74) is 21.5. The molecule has 2 heteroatoms. The highest BCUT2D eigenvalue weighted by Gasteiger charge is 2.40. The van der Waals surface area contributed by atoms with E-state index in [0.717, 1.165) is 28.9 Å². The Labute approximate surface area is 201 Å². The molecular formula is C32H30N2. The van der Waals surface area contributed by atoms with E-state index in [4.69, 9.17) is 11.5 Å². The third kappa shape index (κ3) is 3.72. The molecule has 0 atom stereocenters. The van der Waals surface area contributed by atoms with E-state index in [1.54, 1.807) is 0 Å². The van der Waals surface area contributed by atoms with Crippen LogP contribution in [-0.2, 0) is 11.8 Å². The van der Waals surface area contributed by atoms with Crippen LogP contribution in [-0.4, -0.2) is 0 Å². The van der Waals surface area contributed by atoms with Crippen LogP contribution in [0.4, 0.5) is 11.4 Å². The van der Waals surface area contributed by atoms with E-state index in [1.165, 1.54) is 33.0 Å². The quantitative estimate of drug-likeness (QED) is 0.223. The maximum atomic E-state index is 6.76. The Balaban J connectivity index is 1.92. The predicted octanol–water partition coefficient (Wildman–Crippen LogP) is 7.20. The summed E-state index contributed by atoms with van der Waals surface area (Å²) in [4.78, 5) is 0. The minimum atomic E-state index is -0.558.